The molecule has 3 fully saturated rings. The van der Waals surface area contributed by atoms with E-state index >= 15 is 0 Å². The summed E-state index contributed by atoms with van der Waals surface area (Å²) in [6.45, 7) is 4.06. The highest BCUT2D eigenvalue weighted by Crippen LogP contribution is 2.29. The topological polar surface area (TPSA) is 44.4 Å². The summed E-state index contributed by atoms with van der Waals surface area (Å²) in [5.74, 6) is 1.07. The Morgan fingerprint density at radius 3 is 2.52 bits per heavy atom. The minimum Gasteiger partial charge on any atom is -0.352 e. The smallest absolute Gasteiger partial charge is 0.234 e. The zero-order valence-electron chi connectivity index (χ0n) is 13.3. The van der Waals surface area contributed by atoms with E-state index in [9.17, 15) is 4.79 Å². The van der Waals surface area contributed by atoms with Gasteiger partial charge in [-0.05, 0) is 64.1 Å². The Labute approximate surface area is 129 Å². The van der Waals surface area contributed by atoms with Gasteiger partial charge in [0.2, 0.25) is 5.91 Å². The van der Waals surface area contributed by atoms with E-state index in [0.29, 0.717) is 18.6 Å². The van der Waals surface area contributed by atoms with Crippen LogP contribution in [-0.4, -0.2) is 49.1 Å². The molecular formula is C17H31N3O. The quantitative estimate of drug-likeness (QED) is 0.832. The lowest BCUT2D eigenvalue weighted by atomic mass is 9.89. The summed E-state index contributed by atoms with van der Waals surface area (Å²) >= 11 is 0. The van der Waals surface area contributed by atoms with Gasteiger partial charge in [0, 0.05) is 12.1 Å². The first-order valence-electron chi connectivity index (χ1n) is 9.07. The number of hydrogen-bond acceptors (Lipinski definition) is 3. The second kappa shape index (κ2) is 7.59. The summed E-state index contributed by atoms with van der Waals surface area (Å²) in [5.41, 5.74) is 0. The lowest BCUT2D eigenvalue weighted by Gasteiger charge is -2.34. The molecule has 1 saturated carbocycles. The van der Waals surface area contributed by atoms with Gasteiger partial charge in [0.05, 0.1) is 6.54 Å². The second-order valence-electron chi connectivity index (χ2n) is 7.17. The molecular weight excluding hydrogens is 262 g/mol. The standard InChI is InChI=1S/C17H31N3O/c21-17(19-15-5-2-1-3-6-15)13-20-12-4-7-16(20)14-8-10-18-11-9-14/h14-16,18H,1-13H2,(H,19,21). The number of nitrogens with one attached hydrogen (secondary N) is 2. The first-order chi connectivity index (χ1) is 10.3. The lowest BCUT2D eigenvalue weighted by molar-refractivity contribution is -0.123. The Morgan fingerprint density at radius 2 is 1.76 bits per heavy atom. The van der Waals surface area contributed by atoms with Crippen molar-refractivity contribution >= 4 is 5.91 Å². The van der Waals surface area contributed by atoms with Gasteiger partial charge in [0.1, 0.15) is 0 Å². The molecule has 0 aromatic rings. The zero-order valence-corrected chi connectivity index (χ0v) is 13.3. The number of rotatable bonds is 4. The predicted octanol–water partition coefficient (Wildman–Crippen LogP) is 1.90. The van der Waals surface area contributed by atoms with Crippen LogP contribution in [0.4, 0.5) is 0 Å². The van der Waals surface area contributed by atoms with Crippen LogP contribution in [0.25, 0.3) is 0 Å². The molecule has 3 aliphatic rings. The molecule has 3 rings (SSSR count). The van der Waals surface area contributed by atoms with Crippen molar-refractivity contribution in [2.45, 2.75) is 69.9 Å². The Hall–Kier alpha value is -0.610. The Kier molecular flexibility index (Phi) is 5.53. The normalized spacial score (nSPS) is 29.6. The van der Waals surface area contributed by atoms with E-state index in [2.05, 4.69) is 15.5 Å². The van der Waals surface area contributed by atoms with Crippen LogP contribution in [0.15, 0.2) is 0 Å². The third-order valence-electron chi connectivity index (χ3n) is 5.66. The van der Waals surface area contributed by atoms with Crippen molar-refractivity contribution in [1.82, 2.24) is 15.5 Å². The molecule has 2 N–H and O–H groups in total. The number of nitrogens with zero attached hydrogens (tertiary/aromatic N) is 1. The fourth-order valence-electron chi connectivity index (χ4n) is 4.52. The molecule has 21 heavy (non-hydrogen) atoms. The molecule has 2 aliphatic heterocycles. The van der Waals surface area contributed by atoms with Gasteiger partial charge < -0.3 is 10.6 Å². The SMILES string of the molecule is O=C(CN1CCCC1C1CCNCC1)NC1CCCCC1. The first-order valence-corrected chi connectivity index (χ1v) is 9.07. The highest BCUT2D eigenvalue weighted by atomic mass is 16.2. The van der Waals surface area contributed by atoms with Gasteiger partial charge in [0.25, 0.3) is 0 Å². The molecule has 2 heterocycles. The molecule has 0 aromatic heterocycles. The summed E-state index contributed by atoms with van der Waals surface area (Å²) in [6, 6.07) is 1.11. The molecule has 1 amide bonds. The fourth-order valence-corrected chi connectivity index (χ4v) is 4.52. The van der Waals surface area contributed by atoms with Crippen molar-refractivity contribution in [3.05, 3.63) is 0 Å². The summed E-state index contributed by atoms with van der Waals surface area (Å²) in [5, 5.41) is 6.73. The van der Waals surface area contributed by atoms with Gasteiger partial charge in [-0.15, -0.1) is 0 Å². The third kappa shape index (κ3) is 4.19. The first kappa shape index (κ1) is 15.3. The van der Waals surface area contributed by atoms with Crippen LogP contribution in [0.1, 0.15) is 57.8 Å². The van der Waals surface area contributed by atoms with Gasteiger partial charge >= 0.3 is 0 Å². The number of carbonyl (C=O) groups excluding carboxylic acids is 1. The number of amides is 1. The van der Waals surface area contributed by atoms with Crippen LogP contribution in [0.2, 0.25) is 0 Å². The summed E-state index contributed by atoms with van der Waals surface area (Å²) < 4.78 is 0. The highest BCUT2D eigenvalue weighted by Gasteiger charge is 2.33. The molecule has 1 unspecified atom stereocenters. The van der Waals surface area contributed by atoms with E-state index in [-0.39, 0.29) is 5.91 Å². The van der Waals surface area contributed by atoms with Crippen molar-refractivity contribution in [2.24, 2.45) is 5.92 Å². The van der Waals surface area contributed by atoms with Crippen LogP contribution in [0.3, 0.4) is 0 Å². The van der Waals surface area contributed by atoms with Crippen LogP contribution in [-0.2, 0) is 4.79 Å². The largest absolute Gasteiger partial charge is 0.352 e. The molecule has 120 valence electrons. The van der Waals surface area contributed by atoms with Crippen molar-refractivity contribution in [3.8, 4) is 0 Å². The minimum absolute atomic E-state index is 0.266. The van der Waals surface area contributed by atoms with Crippen LogP contribution in [0, 0.1) is 5.92 Å². The fraction of sp³-hybridized carbons (Fsp3) is 0.941. The minimum atomic E-state index is 0.266. The molecule has 4 nitrogen and oxygen atoms in total. The maximum Gasteiger partial charge on any atom is 0.234 e. The Bertz CT molecular complexity index is 335. The monoisotopic (exact) mass is 293 g/mol. The van der Waals surface area contributed by atoms with Crippen molar-refractivity contribution in [2.75, 3.05) is 26.2 Å². The molecule has 4 heteroatoms. The number of carbonyl (C=O) groups is 1. The average Bonchev–Trinajstić information content (AvgIpc) is 2.97. The molecule has 0 spiro atoms. The number of likely N-dealkylation sites (tertiary alicyclic amines) is 1. The third-order valence-corrected chi connectivity index (χ3v) is 5.66. The van der Waals surface area contributed by atoms with Crippen molar-refractivity contribution in [1.29, 1.82) is 0 Å². The highest BCUT2D eigenvalue weighted by molar-refractivity contribution is 5.78. The van der Waals surface area contributed by atoms with Gasteiger partial charge in [-0.1, -0.05) is 19.3 Å². The maximum absolute atomic E-state index is 12.3. The van der Waals surface area contributed by atoms with Crippen LogP contribution < -0.4 is 10.6 Å². The van der Waals surface area contributed by atoms with Gasteiger partial charge in [-0.25, -0.2) is 0 Å². The predicted molar refractivity (Wildman–Crippen MR) is 85.2 cm³/mol. The summed E-state index contributed by atoms with van der Waals surface area (Å²) in [6.07, 6.45) is 11.4. The van der Waals surface area contributed by atoms with Gasteiger partial charge in [-0.2, -0.15) is 0 Å². The van der Waals surface area contributed by atoms with E-state index in [1.807, 2.05) is 0 Å². The molecule has 1 aliphatic carbocycles. The lowest BCUT2D eigenvalue weighted by Crippen LogP contribution is -2.47. The maximum atomic E-state index is 12.3. The van der Waals surface area contributed by atoms with Gasteiger partial charge in [-0.3, -0.25) is 9.69 Å². The van der Waals surface area contributed by atoms with E-state index < -0.39 is 0 Å². The van der Waals surface area contributed by atoms with Crippen LogP contribution in [0.5, 0.6) is 0 Å². The number of hydrogen-bond donors (Lipinski definition) is 2. The molecule has 1 atom stereocenters. The molecule has 2 saturated heterocycles. The van der Waals surface area contributed by atoms with E-state index in [1.165, 1.54) is 57.8 Å². The number of piperidine rings is 1. The molecule has 0 aromatic carbocycles. The zero-order chi connectivity index (χ0) is 14.5. The molecule has 0 radical (unpaired) electrons. The van der Waals surface area contributed by atoms with E-state index in [0.717, 1.165) is 25.6 Å². The summed E-state index contributed by atoms with van der Waals surface area (Å²) in [7, 11) is 0. The van der Waals surface area contributed by atoms with Crippen LogP contribution >= 0.6 is 0 Å². The van der Waals surface area contributed by atoms with Crippen molar-refractivity contribution in [3.63, 3.8) is 0 Å². The van der Waals surface area contributed by atoms with E-state index in [4.69, 9.17) is 0 Å². The molecule has 0 bridgehead atoms. The van der Waals surface area contributed by atoms with Crippen molar-refractivity contribution < 1.29 is 4.79 Å². The second-order valence-corrected chi connectivity index (χ2v) is 7.17. The van der Waals surface area contributed by atoms with E-state index in [1.54, 1.807) is 0 Å². The average molecular weight is 293 g/mol. The van der Waals surface area contributed by atoms with Gasteiger partial charge in [0.15, 0.2) is 0 Å². The Balaban J connectivity index is 1.47. The Morgan fingerprint density at radius 1 is 1.00 bits per heavy atom. The summed E-state index contributed by atoms with van der Waals surface area (Å²) in [4.78, 5) is 14.8.